The van der Waals surface area contributed by atoms with Gasteiger partial charge in [0.15, 0.2) is 5.11 Å². The molecular formula is C22H26ClN3O2S. The van der Waals surface area contributed by atoms with E-state index in [1.807, 2.05) is 0 Å². The van der Waals surface area contributed by atoms with Gasteiger partial charge in [-0.3, -0.25) is 9.59 Å². The van der Waals surface area contributed by atoms with Crippen molar-refractivity contribution in [2.45, 2.75) is 45.4 Å². The Hall–Kier alpha value is -2.44. The minimum absolute atomic E-state index is 0.103. The number of carbonyl (C=O) groups is 2. The molecule has 0 saturated heterocycles. The van der Waals surface area contributed by atoms with Gasteiger partial charge in [0.25, 0.3) is 5.91 Å². The molecule has 7 heteroatoms. The summed E-state index contributed by atoms with van der Waals surface area (Å²) >= 11 is 11.1. The molecule has 2 aromatic carbocycles. The second-order valence-corrected chi connectivity index (χ2v) is 7.56. The maximum atomic E-state index is 12.4. The Bertz CT molecular complexity index is 857. The molecule has 0 fully saturated rings. The maximum absolute atomic E-state index is 12.4. The molecule has 0 spiro atoms. The molecule has 0 saturated carbocycles. The van der Waals surface area contributed by atoms with Crippen molar-refractivity contribution in [1.82, 2.24) is 5.32 Å². The summed E-state index contributed by atoms with van der Waals surface area (Å²) in [4.78, 5) is 24.4. The molecule has 0 bridgehead atoms. The van der Waals surface area contributed by atoms with Crippen LogP contribution < -0.4 is 16.0 Å². The van der Waals surface area contributed by atoms with Crippen molar-refractivity contribution in [1.29, 1.82) is 0 Å². The summed E-state index contributed by atoms with van der Waals surface area (Å²) in [6.07, 6.45) is 5.88. The summed E-state index contributed by atoms with van der Waals surface area (Å²) < 4.78 is 0. The van der Waals surface area contributed by atoms with Gasteiger partial charge in [-0.2, -0.15) is 0 Å². The number of amides is 2. The maximum Gasteiger partial charge on any atom is 0.255 e. The average Bonchev–Trinajstić information content (AvgIpc) is 2.68. The standard InChI is InChI=1S/C22H26ClN3O2S/c1-2-3-4-5-6-13-20(27)26-22(29)25-18-11-7-9-16(14-18)21(28)24-19-12-8-10-17(23)15-19/h7-12,14-15H,2-6,13H2,1H3,(H,24,28)(H2,25,26,27,29). The van der Waals surface area contributed by atoms with E-state index in [1.54, 1.807) is 48.5 Å². The van der Waals surface area contributed by atoms with Gasteiger partial charge in [0.1, 0.15) is 0 Å². The largest absolute Gasteiger partial charge is 0.332 e. The highest BCUT2D eigenvalue weighted by molar-refractivity contribution is 7.80. The Kier molecular flexibility index (Phi) is 9.60. The smallest absolute Gasteiger partial charge is 0.255 e. The Balaban J connectivity index is 1.84. The first-order valence-electron chi connectivity index (χ1n) is 9.75. The number of halogens is 1. The minimum atomic E-state index is -0.266. The van der Waals surface area contributed by atoms with Crippen molar-refractivity contribution in [3.05, 3.63) is 59.1 Å². The number of rotatable bonds is 9. The second kappa shape index (κ2) is 12.2. The summed E-state index contributed by atoms with van der Waals surface area (Å²) in [6.45, 7) is 2.16. The van der Waals surface area contributed by atoms with E-state index in [9.17, 15) is 9.59 Å². The third-order valence-corrected chi connectivity index (χ3v) is 4.66. The molecule has 0 atom stereocenters. The van der Waals surface area contributed by atoms with Crippen molar-refractivity contribution < 1.29 is 9.59 Å². The van der Waals surface area contributed by atoms with E-state index in [0.29, 0.717) is 28.4 Å². The van der Waals surface area contributed by atoms with Crippen LogP contribution in [0.1, 0.15) is 55.8 Å². The number of anilines is 2. The molecule has 0 aliphatic heterocycles. The van der Waals surface area contributed by atoms with E-state index >= 15 is 0 Å². The van der Waals surface area contributed by atoms with Crippen LogP contribution in [0.4, 0.5) is 11.4 Å². The highest BCUT2D eigenvalue weighted by atomic mass is 35.5. The van der Waals surface area contributed by atoms with E-state index in [1.165, 1.54) is 12.8 Å². The molecule has 154 valence electrons. The summed E-state index contributed by atoms with van der Waals surface area (Å²) in [6, 6.07) is 13.8. The predicted octanol–water partition coefficient (Wildman–Crippen LogP) is 5.77. The number of unbranched alkanes of at least 4 members (excludes halogenated alkanes) is 4. The Morgan fingerprint density at radius 3 is 2.34 bits per heavy atom. The van der Waals surface area contributed by atoms with Crippen LogP contribution in [0.25, 0.3) is 0 Å². The van der Waals surface area contributed by atoms with Crippen LogP contribution in [-0.4, -0.2) is 16.9 Å². The average molecular weight is 432 g/mol. The van der Waals surface area contributed by atoms with E-state index < -0.39 is 0 Å². The fourth-order valence-electron chi connectivity index (χ4n) is 2.75. The Morgan fingerprint density at radius 1 is 0.931 bits per heavy atom. The quantitative estimate of drug-likeness (QED) is 0.348. The van der Waals surface area contributed by atoms with Crippen molar-refractivity contribution >= 4 is 52.1 Å². The Morgan fingerprint density at radius 2 is 1.62 bits per heavy atom. The fourth-order valence-corrected chi connectivity index (χ4v) is 3.17. The first-order chi connectivity index (χ1) is 14.0. The van der Waals surface area contributed by atoms with Gasteiger partial charge >= 0.3 is 0 Å². The molecule has 5 nitrogen and oxygen atoms in total. The molecule has 2 amide bonds. The molecule has 2 aromatic rings. The first kappa shape index (κ1) is 22.8. The normalized spacial score (nSPS) is 10.3. The number of carbonyl (C=O) groups excluding carboxylic acids is 2. The summed E-state index contributed by atoms with van der Waals surface area (Å²) in [5.74, 6) is -0.369. The van der Waals surface area contributed by atoms with Crippen LogP contribution in [0, 0.1) is 0 Å². The molecule has 0 aliphatic carbocycles. The molecule has 0 heterocycles. The third kappa shape index (κ3) is 8.62. The molecule has 0 unspecified atom stereocenters. The van der Waals surface area contributed by atoms with Crippen molar-refractivity contribution in [2.75, 3.05) is 10.6 Å². The monoisotopic (exact) mass is 431 g/mol. The van der Waals surface area contributed by atoms with Gasteiger partial charge in [0, 0.05) is 28.4 Å². The first-order valence-corrected chi connectivity index (χ1v) is 10.5. The van der Waals surface area contributed by atoms with Gasteiger partial charge in [-0.25, -0.2) is 0 Å². The zero-order valence-electron chi connectivity index (χ0n) is 16.5. The predicted molar refractivity (Wildman–Crippen MR) is 124 cm³/mol. The molecule has 3 N–H and O–H groups in total. The topological polar surface area (TPSA) is 70.2 Å². The molecule has 0 aromatic heterocycles. The number of benzene rings is 2. The van der Waals surface area contributed by atoms with Crippen LogP contribution in [-0.2, 0) is 4.79 Å². The second-order valence-electron chi connectivity index (χ2n) is 6.71. The van der Waals surface area contributed by atoms with Crippen LogP contribution in [0.3, 0.4) is 0 Å². The van der Waals surface area contributed by atoms with Crippen molar-refractivity contribution in [2.24, 2.45) is 0 Å². The van der Waals surface area contributed by atoms with Crippen LogP contribution in [0.5, 0.6) is 0 Å². The lowest BCUT2D eigenvalue weighted by Gasteiger charge is -2.11. The van der Waals surface area contributed by atoms with Gasteiger partial charge in [-0.05, 0) is 55.0 Å². The van der Waals surface area contributed by atoms with E-state index in [4.69, 9.17) is 23.8 Å². The summed E-state index contributed by atoms with van der Waals surface area (Å²) in [5.41, 5.74) is 1.69. The molecule has 0 radical (unpaired) electrons. The number of nitrogens with one attached hydrogen (secondary N) is 3. The zero-order valence-corrected chi connectivity index (χ0v) is 18.0. The Labute approximate surface area is 182 Å². The highest BCUT2D eigenvalue weighted by Crippen LogP contribution is 2.17. The SMILES string of the molecule is CCCCCCCC(=O)NC(=S)Nc1cccc(C(=O)Nc2cccc(Cl)c2)c1. The number of hydrogen-bond donors (Lipinski definition) is 3. The van der Waals surface area contributed by atoms with Gasteiger partial charge in [0.05, 0.1) is 0 Å². The lowest BCUT2D eigenvalue weighted by Crippen LogP contribution is -2.34. The summed E-state index contributed by atoms with van der Waals surface area (Å²) in [7, 11) is 0. The molecule has 29 heavy (non-hydrogen) atoms. The lowest BCUT2D eigenvalue weighted by atomic mass is 10.1. The molecular weight excluding hydrogens is 406 g/mol. The van der Waals surface area contributed by atoms with Gasteiger partial charge < -0.3 is 16.0 Å². The van der Waals surface area contributed by atoms with E-state index in [-0.39, 0.29) is 16.9 Å². The highest BCUT2D eigenvalue weighted by Gasteiger charge is 2.09. The van der Waals surface area contributed by atoms with Crippen LogP contribution in [0.2, 0.25) is 5.02 Å². The number of thiocarbonyl (C=S) groups is 1. The lowest BCUT2D eigenvalue weighted by molar-refractivity contribution is -0.119. The van der Waals surface area contributed by atoms with Crippen molar-refractivity contribution in [3.63, 3.8) is 0 Å². The van der Waals surface area contributed by atoms with E-state index in [0.717, 1.165) is 19.3 Å². The van der Waals surface area contributed by atoms with Gasteiger partial charge in [-0.1, -0.05) is 56.3 Å². The fraction of sp³-hybridized carbons (Fsp3) is 0.318. The molecule has 2 rings (SSSR count). The van der Waals surface area contributed by atoms with Crippen LogP contribution >= 0.6 is 23.8 Å². The third-order valence-electron chi connectivity index (χ3n) is 4.23. The number of hydrogen-bond acceptors (Lipinski definition) is 3. The minimum Gasteiger partial charge on any atom is -0.332 e. The van der Waals surface area contributed by atoms with Crippen molar-refractivity contribution in [3.8, 4) is 0 Å². The molecule has 0 aliphatic rings. The van der Waals surface area contributed by atoms with E-state index in [2.05, 4.69) is 22.9 Å². The van der Waals surface area contributed by atoms with Gasteiger partial charge in [-0.15, -0.1) is 0 Å². The van der Waals surface area contributed by atoms with Crippen LogP contribution in [0.15, 0.2) is 48.5 Å². The summed E-state index contributed by atoms with van der Waals surface area (Å²) in [5, 5.41) is 9.19. The zero-order chi connectivity index (χ0) is 21.1. The van der Waals surface area contributed by atoms with Gasteiger partial charge in [0.2, 0.25) is 5.91 Å².